The number of hydrogen-bond acceptors (Lipinski definition) is 5. The van der Waals surface area contributed by atoms with Gasteiger partial charge in [0.25, 0.3) is 0 Å². The molecule has 5 rings (SSSR count). The molecule has 178 valence electrons. The summed E-state index contributed by atoms with van der Waals surface area (Å²) in [4.78, 5) is 4.76. The van der Waals surface area contributed by atoms with E-state index in [1.165, 1.54) is 6.42 Å². The molecule has 0 aliphatic carbocycles. The van der Waals surface area contributed by atoms with E-state index in [9.17, 15) is 0 Å². The van der Waals surface area contributed by atoms with Crippen molar-refractivity contribution in [2.24, 2.45) is 0 Å². The highest BCUT2D eigenvalue weighted by atomic mass is 16.5. The zero-order chi connectivity index (χ0) is 23.7. The van der Waals surface area contributed by atoms with Crippen LogP contribution in [-0.4, -0.2) is 24.3 Å². The van der Waals surface area contributed by atoms with Crippen molar-refractivity contribution in [3.8, 4) is 34.4 Å². The third-order valence-electron chi connectivity index (χ3n) is 5.84. The average molecular weight is 468 g/mol. The molecule has 1 unspecified atom stereocenters. The van der Waals surface area contributed by atoms with Crippen molar-refractivity contribution in [3.05, 3.63) is 103 Å². The molecule has 5 nitrogen and oxygen atoms in total. The summed E-state index contributed by atoms with van der Waals surface area (Å²) >= 11 is 0. The van der Waals surface area contributed by atoms with E-state index in [0.717, 1.165) is 47.8 Å². The Morgan fingerprint density at radius 1 is 0.743 bits per heavy atom. The van der Waals surface area contributed by atoms with Gasteiger partial charge in [0, 0.05) is 24.3 Å². The number of nitrogens with zero attached hydrogens (tertiary/aromatic N) is 1. The first-order valence-electron chi connectivity index (χ1n) is 12.1. The molecule has 35 heavy (non-hydrogen) atoms. The van der Waals surface area contributed by atoms with Gasteiger partial charge >= 0.3 is 0 Å². The number of para-hydroxylation sites is 1. The molecule has 2 heterocycles. The van der Waals surface area contributed by atoms with Crippen LogP contribution < -0.4 is 14.2 Å². The lowest BCUT2D eigenvalue weighted by molar-refractivity contribution is -0.0119. The lowest BCUT2D eigenvalue weighted by Gasteiger charge is -2.22. The number of hydrogen-bond donors (Lipinski definition) is 0. The van der Waals surface area contributed by atoms with E-state index in [0.29, 0.717) is 24.8 Å². The largest absolute Gasteiger partial charge is 0.489 e. The van der Waals surface area contributed by atoms with Crippen LogP contribution in [0, 0.1) is 0 Å². The van der Waals surface area contributed by atoms with Crippen molar-refractivity contribution >= 4 is 0 Å². The first-order chi connectivity index (χ1) is 17.3. The van der Waals surface area contributed by atoms with E-state index in [-0.39, 0.29) is 6.10 Å². The molecule has 0 spiro atoms. The minimum Gasteiger partial charge on any atom is -0.489 e. The lowest BCUT2D eigenvalue weighted by atomic mass is 10.1. The summed E-state index contributed by atoms with van der Waals surface area (Å²) in [6.07, 6.45) is 3.41. The second kappa shape index (κ2) is 11.5. The van der Waals surface area contributed by atoms with Crippen LogP contribution in [0.15, 0.2) is 97.1 Å². The van der Waals surface area contributed by atoms with Crippen LogP contribution in [0.5, 0.6) is 23.1 Å². The fourth-order valence-electron chi connectivity index (χ4n) is 3.96. The van der Waals surface area contributed by atoms with Crippen LogP contribution in [0.4, 0.5) is 0 Å². The third-order valence-corrected chi connectivity index (χ3v) is 5.84. The Labute approximate surface area is 206 Å². The maximum absolute atomic E-state index is 6.11. The predicted molar refractivity (Wildman–Crippen MR) is 136 cm³/mol. The predicted octanol–water partition coefficient (Wildman–Crippen LogP) is 7.07. The molecule has 4 aromatic rings. The van der Waals surface area contributed by atoms with E-state index in [4.69, 9.17) is 23.9 Å². The number of benzene rings is 3. The van der Waals surface area contributed by atoms with Gasteiger partial charge in [0.1, 0.15) is 30.5 Å². The van der Waals surface area contributed by atoms with Gasteiger partial charge in [-0.05, 0) is 61.2 Å². The molecule has 1 aromatic heterocycles. The van der Waals surface area contributed by atoms with Crippen molar-refractivity contribution in [1.82, 2.24) is 4.98 Å². The third kappa shape index (κ3) is 6.61. The highest BCUT2D eigenvalue weighted by molar-refractivity contribution is 5.62. The topological polar surface area (TPSA) is 49.8 Å². The van der Waals surface area contributed by atoms with Gasteiger partial charge in [-0.3, -0.25) is 0 Å². The molecule has 0 N–H and O–H groups in total. The molecule has 1 saturated heterocycles. The average Bonchev–Trinajstić information content (AvgIpc) is 2.93. The van der Waals surface area contributed by atoms with Gasteiger partial charge in [0.2, 0.25) is 5.88 Å². The van der Waals surface area contributed by atoms with Gasteiger partial charge in [-0.2, -0.15) is 0 Å². The first kappa shape index (κ1) is 22.9. The van der Waals surface area contributed by atoms with E-state index < -0.39 is 0 Å². The highest BCUT2D eigenvalue weighted by Gasteiger charge is 2.16. The van der Waals surface area contributed by atoms with Crippen molar-refractivity contribution in [1.29, 1.82) is 0 Å². The monoisotopic (exact) mass is 467 g/mol. The van der Waals surface area contributed by atoms with E-state index >= 15 is 0 Å². The summed E-state index contributed by atoms with van der Waals surface area (Å²) < 4.78 is 23.9. The molecule has 0 saturated carbocycles. The van der Waals surface area contributed by atoms with Crippen LogP contribution in [0.1, 0.15) is 24.8 Å². The number of aromatic nitrogens is 1. The van der Waals surface area contributed by atoms with E-state index in [1.54, 1.807) is 0 Å². The van der Waals surface area contributed by atoms with Gasteiger partial charge < -0.3 is 18.9 Å². The summed E-state index contributed by atoms with van der Waals surface area (Å²) in [6, 6.07) is 31.5. The van der Waals surface area contributed by atoms with Gasteiger partial charge in [0.15, 0.2) is 0 Å². The number of rotatable bonds is 9. The zero-order valence-corrected chi connectivity index (χ0v) is 19.6. The second-order valence-electron chi connectivity index (χ2n) is 8.54. The maximum atomic E-state index is 6.11. The molecular formula is C30H29NO4. The van der Waals surface area contributed by atoms with Crippen LogP contribution in [0.3, 0.4) is 0 Å². The quantitative estimate of drug-likeness (QED) is 0.264. The van der Waals surface area contributed by atoms with Gasteiger partial charge in [-0.1, -0.05) is 48.5 Å². The smallest absolute Gasteiger partial charge is 0.217 e. The molecule has 1 aliphatic rings. The molecule has 0 radical (unpaired) electrons. The number of ether oxygens (including phenoxy) is 4. The Morgan fingerprint density at radius 3 is 2.23 bits per heavy atom. The zero-order valence-electron chi connectivity index (χ0n) is 19.6. The fourth-order valence-corrected chi connectivity index (χ4v) is 3.96. The Hall–Kier alpha value is -3.83. The Balaban J connectivity index is 1.34. The summed E-state index contributed by atoms with van der Waals surface area (Å²) in [5, 5.41) is 0. The minimum atomic E-state index is 0.109. The van der Waals surface area contributed by atoms with E-state index in [1.807, 2.05) is 97.1 Å². The van der Waals surface area contributed by atoms with Gasteiger partial charge in [-0.15, -0.1) is 0 Å². The van der Waals surface area contributed by atoms with Crippen molar-refractivity contribution < 1.29 is 18.9 Å². The van der Waals surface area contributed by atoms with Crippen molar-refractivity contribution in [2.45, 2.75) is 32.0 Å². The molecule has 0 amide bonds. The number of pyridine rings is 1. The molecule has 0 bridgehead atoms. The molecular weight excluding hydrogens is 438 g/mol. The van der Waals surface area contributed by atoms with Crippen LogP contribution >= 0.6 is 0 Å². The minimum absolute atomic E-state index is 0.109. The summed E-state index contributed by atoms with van der Waals surface area (Å²) in [7, 11) is 0. The maximum Gasteiger partial charge on any atom is 0.217 e. The lowest BCUT2D eigenvalue weighted by Crippen LogP contribution is -2.26. The van der Waals surface area contributed by atoms with Crippen LogP contribution in [0.2, 0.25) is 0 Å². The molecule has 1 fully saturated rings. The molecule has 3 aromatic carbocycles. The SMILES string of the molecule is c1ccc(COc2cc(OCC3CCCCO3)nc(-c3ccc(Oc4ccccc4)cc3)c2)cc1. The molecule has 1 atom stereocenters. The summed E-state index contributed by atoms with van der Waals surface area (Å²) in [6.45, 7) is 1.75. The Morgan fingerprint density at radius 2 is 1.49 bits per heavy atom. The van der Waals surface area contributed by atoms with Crippen molar-refractivity contribution in [3.63, 3.8) is 0 Å². The Kier molecular flexibility index (Phi) is 7.56. The Bertz CT molecular complexity index is 1190. The van der Waals surface area contributed by atoms with Crippen molar-refractivity contribution in [2.75, 3.05) is 13.2 Å². The van der Waals surface area contributed by atoms with E-state index in [2.05, 4.69) is 0 Å². The standard InChI is InChI=1S/C30H29NO4/c1-3-9-23(10-4-1)21-33-28-19-29(31-30(20-28)34-22-27-13-7-8-18-32-27)24-14-16-26(17-15-24)35-25-11-5-2-6-12-25/h1-6,9-12,14-17,19-20,27H,7-8,13,18,21-22H2. The summed E-state index contributed by atoms with van der Waals surface area (Å²) in [5.74, 6) is 2.81. The van der Waals surface area contributed by atoms with Gasteiger partial charge in [-0.25, -0.2) is 4.98 Å². The summed E-state index contributed by atoms with van der Waals surface area (Å²) in [5.41, 5.74) is 2.84. The second-order valence-corrected chi connectivity index (χ2v) is 8.54. The van der Waals surface area contributed by atoms with Crippen LogP contribution in [0.25, 0.3) is 11.3 Å². The normalized spacial score (nSPS) is 15.4. The van der Waals surface area contributed by atoms with Crippen LogP contribution in [-0.2, 0) is 11.3 Å². The molecule has 5 heteroatoms. The fraction of sp³-hybridized carbons (Fsp3) is 0.233. The van der Waals surface area contributed by atoms with Gasteiger partial charge in [0.05, 0.1) is 11.8 Å². The highest BCUT2D eigenvalue weighted by Crippen LogP contribution is 2.30. The first-order valence-corrected chi connectivity index (χ1v) is 12.1. The molecule has 1 aliphatic heterocycles.